The number of benzene rings is 1. The van der Waals surface area contributed by atoms with Crippen LogP contribution in [0.2, 0.25) is 0 Å². The van der Waals surface area contributed by atoms with Crippen molar-refractivity contribution in [2.24, 2.45) is 0 Å². The Balaban J connectivity index is 2.08. The average molecular weight is 269 g/mol. The molecule has 1 aromatic heterocycles. The fourth-order valence-corrected chi connectivity index (χ4v) is 1.98. The van der Waals surface area contributed by atoms with Crippen LogP contribution in [0.3, 0.4) is 0 Å². The van der Waals surface area contributed by atoms with Gasteiger partial charge >= 0.3 is 0 Å². The maximum absolute atomic E-state index is 11.9. The van der Waals surface area contributed by atoms with Crippen molar-refractivity contribution in [3.8, 4) is 0 Å². The van der Waals surface area contributed by atoms with Crippen LogP contribution in [-0.4, -0.2) is 5.91 Å². The molecule has 0 saturated carbocycles. The molecule has 0 spiro atoms. The summed E-state index contributed by atoms with van der Waals surface area (Å²) >= 11 is 0. The molecule has 0 saturated heterocycles. The Labute approximate surface area is 119 Å². The van der Waals surface area contributed by atoms with E-state index in [0.29, 0.717) is 11.7 Å². The predicted molar refractivity (Wildman–Crippen MR) is 81.5 cm³/mol. The van der Waals surface area contributed by atoms with E-state index in [4.69, 9.17) is 4.42 Å². The van der Waals surface area contributed by atoms with Gasteiger partial charge in [-0.3, -0.25) is 4.79 Å². The lowest BCUT2D eigenvalue weighted by molar-refractivity contribution is -0.111. The third kappa shape index (κ3) is 3.60. The fraction of sp³-hybridized carbons (Fsp3) is 0.235. The first-order valence-electron chi connectivity index (χ1n) is 6.82. The third-order valence-electron chi connectivity index (χ3n) is 3.30. The summed E-state index contributed by atoms with van der Waals surface area (Å²) in [6.45, 7) is 4.30. The van der Waals surface area contributed by atoms with Crippen molar-refractivity contribution >= 4 is 17.7 Å². The highest BCUT2D eigenvalue weighted by Crippen LogP contribution is 2.26. The Morgan fingerprint density at radius 3 is 2.80 bits per heavy atom. The molecule has 1 aromatic carbocycles. The van der Waals surface area contributed by atoms with Gasteiger partial charge in [0.05, 0.1) is 6.26 Å². The number of carbonyl (C=O) groups is 1. The van der Waals surface area contributed by atoms with Crippen molar-refractivity contribution in [1.29, 1.82) is 0 Å². The Bertz CT molecular complexity index is 585. The van der Waals surface area contributed by atoms with Crippen LogP contribution in [0.25, 0.3) is 6.08 Å². The first-order chi connectivity index (χ1) is 9.70. The molecule has 1 atom stereocenters. The maximum atomic E-state index is 11.9. The Morgan fingerprint density at radius 1 is 1.30 bits per heavy atom. The molecule has 1 N–H and O–H groups in total. The van der Waals surface area contributed by atoms with Gasteiger partial charge in [0.15, 0.2) is 0 Å². The largest absolute Gasteiger partial charge is 0.465 e. The molecule has 3 nitrogen and oxygen atoms in total. The summed E-state index contributed by atoms with van der Waals surface area (Å²) in [6, 6.07) is 11.5. The topological polar surface area (TPSA) is 42.2 Å². The second-order valence-electron chi connectivity index (χ2n) is 4.73. The number of rotatable bonds is 5. The highest BCUT2D eigenvalue weighted by atomic mass is 16.3. The van der Waals surface area contributed by atoms with Gasteiger partial charge in [0.2, 0.25) is 5.91 Å². The zero-order valence-corrected chi connectivity index (χ0v) is 11.8. The van der Waals surface area contributed by atoms with Crippen molar-refractivity contribution < 1.29 is 9.21 Å². The number of hydrogen-bond acceptors (Lipinski definition) is 2. The van der Waals surface area contributed by atoms with Crippen molar-refractivity contribution in [3.05, 3.63) is 60.1 Å². The van der Waals surface area contributed by atoms with E-state index >= 15 is 0 Å². The molecule has 20 heavy (non-hydrogen) atoms. The predicted octanol–water partition coefficient (Wildman–Crippen LogP) is 4.45. The van der Waals surface area contributed by atoms with Gasteiger partial charge in [-0.1, -0.05) is 32.0 Å². The molecule has 1 amide bonds. The van der Waals surface area contributed by atoms with E-state index in [1.54, 1.807) is 24.5 Å². The minimum Gasteiger partial charge on any atom is -0.465 e. The molecule has 0 radical (unpaired) electrons. The number of amides is 1. The van der Waals surface area contributed by atoms with Crippen LogP contribution in [0.15, 0.2) is 53.2 Å². The van der Waals surface area contributed by atoms with Gasteiger partial charge in [0.1, 0.15) is 5.76 Å². The van der Waals surface area contributed by atoms with E-state index in [2.05, 4.69) is 25.2 Å². The van der Waals surface area contributed by atoms with Gasteiger partial charge in [-0.2, -0.15) is 0 Å². The van der Waals surface area contributed by atoms with Crippen molar-refractivity contribution in [3.63, 3.8) is 0 Å². The van der Waals surface area contributed by atoms with Gasteiger partial charge < -0.3 is 9.73 Å². The SMILES string of the molecule is CC[C@@H](C)c1ccccc1NC(=O)/C=C/c1ccco1. The normalized spacial score (nSPS) is 12.5. The summed E-state index contributed by atoms with van der Waals surface area (Å²) in [6.07, 6.45) is 5.75. The summed E-state index contributed by atoms with van der Waals surface area (Å²) in [5.74, 6) is 0.924. The molecule has 1 heterocycles. The Morgan fingerprint density at radius 2 is 2.10 bits per heavy atom. The maximum Gasteiger partial charge on any atom is 0.248 e. The summed E-state index contributed by atoms with van der Waals surface area (Å²) < 4.78 is 5.15. The molecule has 0 aliphatic carbocycles. The van der Waals surface area contributed by atoms with Crippen LogP contribution in [0.4, 0.5) is 5.69 Å². The minimum absolute atomic E-state index is 0.155. The summed E-state index contributed by atoms with van der Waals surface area (Å²) in [4.78, 5) is 11.9. The molecule has 0 aliphatic rings. The summed E-state index contributed by atoms with van der Waals surface area (Å²) in [7, 11) is 0. The Hall–Kier alpha value is -2.29. The molecule has 2 rings (SSSR count). The molecule has 104 valence electrons. The van der Waals surface area contributed by atoms with E-state index in [0.717, 1.165) is 17.7 Å². The quantitative estimate of drug-likeness (QED) is 0.815. The lowest BCUT2D eigenvalue weighted by Gasteiger charge is -2.14. The molecular weight excluding hydrogens is 250 g/mol. The second kappa shape index (κ2) is 6.75. The van der Waals surface area contributed by atoms with E-state index in [-0.39, 0.29) is 5.91 Å². The Kier molecular flexibility index (Phi) is 4.77. The van der Waals surface area contributed by atoms with Gasteiger partial charge in [0, 0.05) is 11.8 Å². The number of nitrogens with one attached hydrogen (secondary N) is 1. The lowest BCUT2D eigenvalue weighted by atomic mass is 9.97. The zero-order valence-electron chi connectivity index (χ0n) is 11.8. The highest BCUT2D eigenvalue weighted by Gasteiger charge is 2.09. The summed E-state index contributed by atoms with van der Waals surface area (Å²) in [5, 5.41) is 2.92. The number of carbonyl (C=O) groups excluding carboxylic acids is 1. The van der Waals surface area contributed by atoms with Gasteiger partial charge in [-0.15, -0.1) is 0 Å². The minimum atomic E-state index is -0.155. The average Bonchev–Trinajstić information content (AvgIpc) is 2.98. The number of furan rings is 1. The number of para-hydroxylation sites is 1. The van der Waals surface area contributed by atoms with Gasteiger partial charge in [0.25, 0.3) is 0 Å². The van der Waals surface area contributed by atoms with E-state index < -0.39 is 0 Å². The molecule has 0 bridgehead atoms. The smallest absolute Gasteiger partial charge is 0.248 e. The zero-order chi connectivity index (χ0) is 14.4. The molecule has 0 fully saturated rings. The highest BCUT2D eigenvalue weighted by molar-refractivity contribution is 6.02. The van der Waals surface area contributed by atoms with Crippen LogP contribution >= 0.6 is 0 Å². The molecule has 2 aromatic rings. The second-order valence-corrected chi connectivity index (χ2v) is 4.73. The van der Waals surface area contributed by atoms with Crippen LogP contribution in [0.5, 0.6) is 0 Å². The number of anilines is 1. The van der Waals surface area contributed by atoms with Crippen molar-refractivity contribution in [2.75, 3.05) is 5.32 Å². The first kappa shape index (κ1) is 14.1. The van der Waals surface area contributed by atoms with Crippen LogP contribution < -0.4 is 5.32 Å². The van der Waals surface area contributed by atoms with Crippen molar-refractivity contribution in [1.82, 2.24) is 0 Å². The molecule has 3 heteroatoms. The van der Waals surface area contributed by atoms with Crippen LogP contribution in [0.1, 0.15) is 37.5 Å². The van der Waals surface area contributed by atoms with E-state index in [1.807, 2.05) is 18.2 Å². The van der Waals surface area contributed by atoms with Crippen LogP contribution in [0, 0.1) is 0 Å². The van der Waals surface area contributed by atoms with Gasteiger partial charge in [-0.25, -0.2) is 0 Å². The first-order valence-corrected chi connectivity index (χ1v) is 6.82. The standard InChI is InChI=1S/C17H19NO2/c1-3-13(2)15-8-4-5-9-16(15)18-17(19)11-10-14-7-6-12-20-14/h4-13H,3H2,1-2H3,(H,18,19)/b11-10+/t13-/m1/s1. The van der Waals surface area contributed by atoms with Crippen molar-refractivity contribution in [2.45, 2.75) is 26.2 Å². The summed E-state index contributed by atoms with van der Waals surface area (Å²) in [5.41, 5.74) is 2.03. The molecular formula is C17H19NO2. The van der Waals surface area contributed by atoms with E-state index in [1.165, 1.54) is 6.08 Å². The molecule has 0 aliphatic heterocycles. The fourth-order valence-electron chi connectivity index (χ4n) is 1.98. The van der Waals surface area contributed by atoms with Gasteiger partial charge in [-0.05, 0) is 42.2 Å². The molecule has 0 unspecified atom stereocenters. The number of hydrogen-bond donors (Lipinski definition) is 1. The third-order valence-corrected chi connectivity index (χ3v) is 3.30. The van der Waals surface area contributed by atoms with E-state index in [9.17, 15) is 4.79 Å². The lowest BCUT2D eigenvalue weighted by Crippen LogP contribution is -2.10. The van der Waals surface area contributed by atoms with Crippen LogP contribution in [-0.2, 0) is 4.79 Å². The monoisotopic (exact) mass is 269 g/mol.